The molecule has 0 bridgehead atoms. The number of likely N-dealkylation sites (tertiary alicyclic amines) is 1. The van der Waals surface area contributed by atoms with Gasteiger partial charge in [0.1, 0.15) is 0 Å². The van der Waals surface area contributed by atoms with Crippen LogP contribution in [0.4, 0.5) is 0 Å². The lowest BCUT2D eigenvalue weighted by Gasteiger charge is -2.39. The molecule has 2 fully saturated rings. The van der Waals surface area contributed by atoms with E-state index in [9.17, 15) is 0 Å². The first-order chi connectivity index (χ1) is 8.24. The Morgan fingerprint density at radius 2 is 1.65 bits per heavy atom. The second kappa shape index (κ2) is 6.47. The van der Waals surface area contributed by atoms with Crippen LogP contribution < -0.4 is 0 Å². The van der Waals surface area contributed by atoms with Crippen molar-refractivity contribution in [2.45, 2.75) is 58.3 Å². The summed E-state index contributed by atoms with van der Waals surface area (Å²) in [6.45, 7) is 6.38. The molecule has 0 aromatic carbocycles. The van der Waals surface area contributed by atoms with Crippen molar-refractivity contribution >= 4 is 12.6 Å². The minimum Gasteiger partial charge on any atom is -0.303 e. The van der Waals surface area contributed by atoms with E-state index < -0.39 is 0 Å². The van der Waals surface area contributed by atoms with Gasteiger partial charge in [-0.05, 0) is 55.9 Å². The van der Waals surface area contributed by atoms with Crippen LogP contribution in [0.1, 0.15) is 58.3 Å². The SMILES string of the molecule is CC1CCN(CC2(CS)CCCCCC2)CC1. The summed E-state index contributed by atoms with van der Waals surface area (Å²) in [6.07, 6.45) is 11.4. The van der Waals surface area contributed by atoms with Crippen LogP contribution >= 0.6 is 12.6 Å². The topological polar surface area (TPSA) is 3.24 Å². The van der Waals surface area contributed by atoms with Crippen molar-refractivity contribution < 1.29 is 0 Å². The minimum absolute atomic E-state index is 0.542. The molecule has 0 aromatic rings. The third kappa shape index (κ3) is 3.89. The van der Waals surface area contributed by atoms with E-state index in [0.717, 1.165) is 11.7 Å². The molecule has 1 saturated heterocycles. The van der Waals surface area contributed by atoms with Crippen LogP contribution in [-0.4, -0.2) is 30.3 Å². The highest BCUT2D eigenvalue weighted by atomic mass is 32.1. The number of nitrogens with zero attached hydrogens (tertiary/aromatic N) is 1. The summed E-state index contributed by atoms with van der Waals surface area (Å²) < 4.78 is 0. The maximum atomic E-state index is 4.69. The van der Waals surface area contributed by atoms with Gasteiger partial charge in [0.25, 0.3) is 0 Å². The first-order valence-corrected chi connectivity index (χ1v) is 8.21. The van der Waals surface area contributed by atoms with E-state index in [-0.39, 0.29) is 0 Å². The van der Waals surface area contributed by atoms with Crippen molar-refractivity contribution in [1.82, 2.24) is 4.90 Å². The van der Waals surface area contributed by atoms with Crippen LogP contribution in [0.25, 0.3) is 0 Å². The highest BCUT2D eigenvalue weighted by Crippen LogP contribution is 2.37. The summed E-state index contributed by atoms with van der Waals surface area (Å²) in [7, 11) is 0. The maximum absolute atomic E-state index is 4.69. The Morgan fingerprint density at radius 3 is 2.18 bits per heavy atom. The Balaban J connectivity index is 1.89. The number of hydrogen-bond donors (Lipinski definition) is 1. The molecular formula is C15H29NS. The minimum atomic E-state index is 0.542. The first-order valence-electron chi connectivity index (χ1n) is 7.57. The highest BCUT2D eigenvalue weighted by molar-refractivity contribution is 7.80. The monoisotopic (exact) mass is 255 g/mol. The summed E-state index contributed by atoms with van der Waals surface area (Å²) in [5, 5.41) is 0. The van der Waals surface area contributed by atoms with Crippen LogP contribution in [-0.2, 0) is 0 Å². The molecule has 0 N–H and O–H groups in total. The van der Waals surface area contributed by atoms with E-state index in [0.29, 0.717) is 5.41 Å². The van der Waals surface area contributed by atoms with Gasteiger partial charge in [-0.25, -0.2) is 0 Å². The van der Waals surface area contributed by atoms with Gasteiger partial charge < -0.3 is 4.90 Å². The molecule has 2 rings (SSSR count). The van der Waals surface area contributed by atoms with Crippen LogP contribution in [0.5, 0.6) is 0 Å². The molecule has 1 aliphatic heterocycles. The molecule has 0 atom stereocenters. The Kier molecular flexibility index (Phi) is 5.23. The van der Waals surface area contributed by atoms with Crippen LogP contribution in [0.3, 0.4) is 0 Å². The van der Waals surface area contributed by atoms with Crippen molar-refractivity contribution in [2.75, 3.05) is 25.4 Å². The second-order valence-corrected chi connectivity index (χ2v) is 6.85. The molecule has 0 amide bonds. The lowest BCUT2D eigenvalue weighted by molar-refractivity contribution is 0.115. The molecule has 0 radical (unpaired) electrons. The van der Waals surface area contributed by atoms with Crippen molar-refractivity contribution in [3.8, 4) is 0 Å². The molecule has 0 aromatic heterocycles. The largest absolute Gasteiger partial charge is 0.303 e. The van der Waals surface area contributed by atoms with Gasteiger partial charge in [-0.3, -0.25) is 0 Å². The zero-order chi connectivity index (χ0) is 12.1. The predicted molar refractivity (Wildman–Crippen MR) is 78.8 cm³/mol. The lowest BCUT2D eigenvalue weighted by Crippen LogP contribution is -2.42. The third-order valence-corrected chi connectivity index (χ3v) is 5.61. The van der Waals surface area contributed by atoms with Gasteiger partial charge in [0, 0.05) is 6.54 Å². The fourth-order valence-corrected chi connectivity index (χ4v) is 3.96. The average molecular weight is 255 g/mol. The van der Waals surface area contributed by atoms with Gasteiger partial charge >= 0.3 is 0 Å². The second-order valence-electron chi connectivity index (χ2n) is 6.53. The molecule has 1 nitrogen and oxygen atoms in total. The van der Waals surface area contributed by atoms with Crippen molar-refractivity contribution in [3.63, 3.8) is 0 Å². The van der Waals surface area contributed by atoms with E-state index in [2.05, 4.69) is 24.5 Å². The lowest BCUT2D eigenvalue weighted by atomic mass is 9.81. The smallest absolute Gasteiger partial charge is 0.00458 e. The number of thiol groups is 1. The number of rotatable bonds is 3. The molecule has 100 valence electrons. The Morgan fingerprint density at radius 1 is 1.06 bits per heavy atom. The summed E-state index contributed by atoms with van der Waals surface area (Å²) in [5.41, 5.74) is 0.542. The predicted octanol–water partition coefficient (Wildman–Crippen LogP) is 3.99. The summed E-state index contributed by atoms with van der Waals surface area (Å²) >= 11 is 4.69. The maximum Gasteiger partial charge on any atom is 0.00458 e. The molecule has 17 heavy (non-hydrogen) atoms. The van der Waals surface area contributed by atoms with Crippen molar-refractivity contribution in [2.24, 2.45) is 11.3 Å². The summed E-state index contributed by atoms with van der Waals surface area (Å²) in [5.74, 6) is 2.05. The standard InChI is InChI=1S/C15H29NS/c1-14-6-10-16(11-7-14)12-15(13-17)8-4-2-3-5-9-15/h14,17H,2-13H2,1H3. The van der Waals surface area contributed by atoms with E-state index in [1.807, 2.05) is 0 Å². The molecular weight excluding hydrogens is 226 g/mol. The average Bonchev–Trinajstić information content (AvgIpc) is 2.58. The number of hydrogen-bond acceptors (Lipinski definition) is 2. The van der Waals surface area contributed by atoms with E-state index >= 15 is 0 Å². The Hall–Kier alpha value is 0.310. The van der Waals surface area contributed by atoms with Gasteiger partial charge in [-0.2, -0.15) is 12.6 Å². The van der Waals surface area contributed by atoms with Crippen molar-refractivity contribution in [1.29, 1.82) is 0 Å². The Bertz CT molecular complexity index is 213. The molecule has 1 aliphatic carbocycles. The normalized spacial score (nSPS) is 27.9. The summed E-state index contributed by atoms with van der Waals surface area (Å²) in [6, 6.07) is 0. The third-order valence-electron chi connectivity index (χ3n) is 4.93. The van der Waals surface area contributed by atoms with E-state index in [4.69, 9.17) is 0 Å². The quantitative estimate of drug-likeness (QED) is 0.589. The first kappa shape index (κ1) is 13.7. The van der Waals surface area contributed by atoms with Crippen molar-refractivity contribution in [3.05, 3.63) is 0 Å². The number of piperidine rings is 1. The van der Waals surface area contributed by atoms with Gasteiger partial charge in [-0.15, -0.1) is 0 Å². The van der Waals surface area contributed by atoms with Gasteiger partial charge in [0.05, 0.1) is 0 Å². The molecule has 0 spiro atoms. The fourth-order valence-electron chi connectivity index (χ4n) is 3.54. The molecule has 0 unspecified atom stereocenters. The molecule has 2 aliphatic rings. The van der Waals surface area contributed by atoms with Gasteiger partial charge in [0.2, 0.25) is 0 Å². The molecule has 1 saturated carbocycles. The van der Waals surface area contributed by atoms with Gasteiger partial charge in [0.15, 0.2) is 0 Å². The van der Waals surface area contributed by atoms with Crippen LogP contribution in [0.15, 0.2) is 0 Å². The zero-order valence-electron chi connectivity index (χ0n) is 11.5. The molecule has 2 heteroatoms. The van der Waals surface area contributed by atoms with Gasteiger partial charge in [-0.1, -0.05) is 32.6 Å². The Labute approximate surface area is 113 Å². The molecule has 1 heterocycles. The highest BCUT2D eigenvalue weighted by Gasteiger charge is 2.32. The van der Waals surface area contributed by atoms with Crippen LogP contribution in [0, 0.1) is 11.3 Å². The zero-order valence-corrected chi connectivity index (χ0v) is 12.4. The summed E-state index contributed by atoms with van der Waals surface area (Å²) in [4.78, 5) is 2.72. The van der Waals surface area contributed by atoms with E-state index in [1.165, 1.54) is 71.0 Å². The van der Waals surface area contributed by atoms with E-state index in [1.54, 1.807) is 0 Å². The van der Waals surface area contributed by atoms with Crippen LogP contribution in [0.2, 0.25) is 0 Å². The fraction of sp³-hybridized carbons (Fsp3) is 1.00.